The number of ether oxygens (including phenoxy) is 1. The fourth-order valence-electron chi connectivity index (χ4n) is 1.61. The van der Waals surface area contributed by atoms with E-state index in [1.165, 1.54) is 25.4 Å². The van der Waals surface area contributed by atoms with Crippen molar-refractivity contribution < 1.29 is 14.2 Å². The lowest BCUT2D eigenvalue weighted by Gasteiger charge is -2.12. The van der Waals surface area contributed by atoms with Gasteiger partial charge in [0.2, 0.25) is 0 Å². The van der Waals surface area contributed by atoms with E-state index in [1.807, 2.05) is 0 Å². The zero-order valence-electron chi connectivity index (χ0n) is 9.60. The molecule has 0 radical (unpaired) electrons. The summed E-state index contributed by atoms with van der Waals surface area (Å²) < 4.78 is 18.3. The van der Waals surface area contributed by atoms with Crippen LogP contribution in [0.5, 0.6) is 5.75 Å². The Kier molecular flexibility index (Phi) is 3.79. The minimum Gasteiger partial charge on any atom is -0.494 e. The second kappa shape index (κ2) is 5.33. The minimum atomic E-state index is -1.07. The Bertz CT molecular complexity index is 562. The zero-order valence-corrected chi connectivity index (χ0v) is 10.4. The Labute approximate surface area is 109 Å². The molecule has 0 spiro atoms. The van der Waals surface area contributed by atoms with Crippen molar-refractivity contribution in [3.8, 4) is 5.75 Å². The summed E-state index contributed by atoms with van der Waals surface area (Å²) in [7, 11) is 1.38. The lowest BCUT2D eigenvalue weighted by atomic mass is 10.1. The molecular weight excluding hydrogens is 257 g/mol. The van der Waals surface area contributed by atoms with E-state index in [0.29, 0.717) is 16.3 Å². The third kappa shape index (κ3) is 2.44. The zero-order chi connectivity index (χ0) is 13.1. The van der Waals surface area contributed by atoms with Gasteiger partial charge in [-0.3, -0.25) is 4.98 Å². The van der Waals surface area contributed by atoms with Crippen molar-refractivity contribution in [2.45, 2.75) is 6.10 Å². The second-order valence-corrected chi connectivity index (χ2v) is 4.07. The molecule has 0 aliphatic rings. The molecule has 1 unspecified atom stereocenters. The third-order valence-corrected chi connectivity index (χ3v) is 2.86. The topological polar surface area (TPSA) is 42.4 Å². The van der Waals surface area contributed by atoms with Gasteiger partial charge in [0.25, 0.3) is 0 Å². The van der Waals surface area contributed by atoms with E-state index < -0.39 is 11.9 Å². The van der Waals surface area contributed by atoms with Crippen LogP contribution in [-0.2, 0) is 0 Å². The van der Waals surface area contributed by atoms with E-state index in [2.05, 4.69) is 4.98 Å². The van der Waals surface area contributed by atoms with Crippen LogP contribution in [0.4, 0.5) is 4.39 Å². The molecule has 5 heteroatoms. The molecule has 1 atom stereocenters. The minimum absolute atomic E-state index is 0.123. The number of halogens is 2. The van der Waals surface area contributed by atoms with Crippen molar-refractivity contribution in [1.29, 1.82) is 0 Å². The Morgan fingerprint density at radius 1 is 1.39 bits per heavy atom. The fourth-order valence-corrected chi connectivity index (χ4v) is 1.83. The van der Waals surface area contributed by atoms with Gasteiger partial charge in [0.15, 0.2) is 11.6 Å². The maximum Gasteiger partial charge on any atom is 0.165 e. The first-order valence-electron chi connectivity index (χ1n) is 5.25. The third-order valence-electron chi connectivity index (χ3n) is 2.54. The number of rotatable bonds is 3. The van der Waals surface area contributed by atoms with Gasteiger partial charge in [-0.25, -0.2) is 4.39 Å². The first-order chi connectivity index (χ1) is 8.63. The normalized spacial score (nSPS) is 12.2. The van der Waals surface area contributed by atoms with Crippen molar-refractivity contribution in [1.82, 2.24) is 4.98 Å². The molecule has 0 amide bonds. The highest BCUT2D eigenvalue weighted by Crippen LogP contribution is 2.28. The van der Waals surface area contributed by atoms with Crippen LogP contribution in [0, 0.1) is 5.82 Å². The van der Waals surface area contributed by atoms with Crippen LogP contribution < -0.4 is 4.74 Å². The van der Waals surface area contributed by atoms with Crippen molar-refractivity contribution >= 4 is 11.6 Å². The summed E-state index contributed by atoms with van der Waals surface area (Å²) in [5.74, 6) is -0.417. The van der Waals surface area contributed by atoms with E-state index >= 15 is 0 Å². The molecule has 1 N–H and O–H groups in total. The van der Waals surface area contributed by atoms with E-state index in [4.69, 9.17) is 16.3 Å². The van der Waals surface area contributed by atoms with Gasteiger partial charge >= 0.3 is 0 Å². The molecular formula is C13H11ClFNO2. The highest BCUT2D eigenvalue weighted by atomic mass is 35.5. The molecule has 3 nitrogen and oxygen atoms in total. The number of aromatic nitrogens is 1. The van der Waals surface area contributed by atoms with Crippen LogP contribution in [0.2, 0.25) is 5.02 Å². The van der Waals surface area contributed by atoms with Gasteiger partial charge in [0.1, 0.15) is 6.10 Å². The number of pyridine rings is 1. The molecule has 0 saturated heterocycles. The highest BCUT2D eigenvalue weighted by molar-refractivity contribution is 6.31. The van der Waals surface area contributed by atoms with Gasteiger partial charge in [0, 0.05) is 6.20 Å². The summed E-state index contributed by atoms with van der Waals surface area (Å²) in [6.07, 6.45) is 0.448. The van der Waals surface area contributed by atoms with Crippen LogP contribution in [-0.4, -0.2) is 17.2 Å². The van der Waals surface area contributed by atoms with Gasteiger partial charge in [0.05, 0.1) is 17.8 Å². The Morgan fingerprint density at radius 3 is 2.78 bits per heavy atom. The molecule has 0 fully saturated rings. The Morgan fingerprint density at radius 2 is 2.17 bits per heavy atom. The summed E-state index contributed by atoms with van der Waals surface area (Å²) in [6.45, 7) is 0. The summed E-state index contributed by atoms with van der Waals surface area (Å²) in [6, 6.07) is 7.50. The predicted octanol–water partition coefficient (Wildman–Crippen LogP) is 2.96. The first kappa shape index (κ1) is 12.8. The van der Waals surface area contributed by atoms with E-state index in [1.54, 1.807) is 18.2 Å². The number of hydrogen-bond donors (Lipinski definition) is 1. The van der Waals surface area contributed by atoms with E-state index in [9.17, 15) is 9.50 Å². The molecule has 0 aliphatic carbocycles. The maximum absolute atomic E-state index is 13.5. The average molecular weight is 268 g/mol. The standard InChI is InChI=1S/C13H11ClFNO2/c1-18-11-5-4-8(7-10(11)15)13(17)12-9(14)3-2-6-16-12/h2-7,13,17H,1H3. The monoisotopic (exact) mass is 267 g/mol. The van der Waals surface area contributed by atoms with Crippen molar-refractivity contribution in [3.63, 3.8) is 0 Å². The quantitative estimate of drug-likeness (QED) is 0.930. The molecule has 1 heterocycles. The largest absolute Gasteiger partial charge is 0.494 e. The molecule has 0 bridgehead atoms. The van der Waals surface area contributed by atoms with Gasteiger partial charge in [-0.05, 0) is 29.8 Å². The smallest absolute Gasteiger partial charge is 0.165 e. The van der Waals surface area contributed by atoms with Crippen LogP contribution in [0.25, 0.3) is 0 Å². The number of benzene rings is 1. The Hall–Kier alpha value is -1.65. The molecule has 2 rings (SSSR count). The van der Waals surface area contributed by atoms with E-state index in [0.717, 1.165) is 0 Å². The molecule has 1 aromatic heterocycles. The number of aliphatic hydroxyl groups excluding tert-OH is 1. The number of nitrogens with zero attached hydrogens (tertiary/aromatic N) is 1. The lowest BCUT2D eigenvalue weighted by Crippen LogP contribution is -2.04. The number of methoxy groups -OCH3 is 1. The lowest BCUT2D eigenvalue weighted by molar-refractivity contribution is 0.214. The van der Waals surface area contributed by atoms with Crippen LogP contribution in [0.3, 0.4) is 0 Å². The SMILES string of the molecule is COc1ccc(C(O)c2ncccc2Cl)cc1F. The van der Waals surface area contributed by atoms with Crippen LogP contribution in [0.1, 0.15) is 17.4 Å². The number of hydrogen-bond acceptors (Lipinski definition) is 3. The Balaban J connectivity index is 2.37. The van der Waals surface area contributed by atoms with Crippen molar-refractivity contribution in [2.24, 2.45) is 0 Å². The first-order valence-corrected chi connectivity index (χ1v) is 5.63. The number of aliphatic hydroxyl groups is 1. The highest BCUT2D eigenvalue weighted by Gasteiger charge is 2.16. The van der Waals surface area contributed by atoms with Gasteiger partial charge in [-0.15, -0.1) is 0 Å². The molecule has 0 aliphatic heterocycles. The van der Waals surface area contributed by atoms with Crippen LogP contribution in [0.15, 0.2) is 36.5 Å². The summed E-state index contributed by atoms with van der Waals surface area (Å²) in [5.41, 5.74) is 0.664. The van der Waals surface area contributed by atoms with Crippen molar-refractivity contribution in [3.05, 3.63) is 58.6 Å². The summed E-state index contributed by atoms with van der Waals surface area (Å²) >= 11 is 5.93. The summed E-state index contributed by atoms with van der Waals surface area (Å²) in [4.78, 5) is 3.99. The van der Waals surface area contributed by atoms with Gasteiger partial charge in [-0.1, -0.05) is 17.7 Å². The average Bonchev–Trinajstić information content (AvgIpc) is 2.38. The maximum atomic E-state index is 13.5. The molecule has 0 saturated carbocycles. The molecule has 2 aromatic rings. The summed E-state index contributed by atoms with van der Waals surface area (Å²) in [5, 5.41) is 10.4. The molecule has 18 heavy (non-hydrogen) atoms. The van der Waals surface area contributed by atoms with Crippen LogP contribution >= 0.6 is 11.6 Å². The second-order valence-electron chi connectivity index (χ2n) is 3.67. The van der Waals surface area contributed by atoms with E-state index in [-0.39, 0.29) is 5.75 Å². The predicted molar refractivity (Wildman–Crippen MR) is 66.3 cm³/mol. The van der Waals surface area contributed by atoms with Gasteiger partial charge < -0.3 is 9.84 Å². The van der Waals surface area contributed by atoms with Crippen molar-refractivity contribution in [2.75, 3.05) is 7.11 Å². The molecule has 1 aromatic carbocycles. The van der Waals surface area contributed by atoms with Gasteiger partial charge in [-0.2, -0.15) is 0 Å². The fraction of sp³-hybridized carbons (Fsp3) is 0.154. The molecule has 94 valence electrons.